The minimum absolute atomic E-state index is 0.102. The maximum Gasteiger partial charge on any atom is 0.307 e. The Bertz CT molecular complexity index is 198. The van der Waals surface area contributed by atoms with Gasteiger partial charge >= 0.3 is 5.97 Å². The van der Waals surface area contributed by atoms with Gasteiger partial charge in [0.05, 0.1) is 6.42 Å². The molecule has 1 aliphatic rings. The van der Waals surface area contributed by atoms with Crippen molar-refractivity contribution in [3.8, 4) is 0 Å². The fourth-order valence-corrected chi connectivity index (χ4v) is 1.13. The molecule has 1 aliphatic heterocycles. The molecule has 0 bridgehead atoms. The summed E-state index contributed by atoms with van der Waals surface area (Å²) in [6.07, 6.45) is 3.58. The van der Waals surface area contributed by atoms with Gasteiger partial charge in [0.2, 0.25) is 0 Å². The fraction of sp³-hybridized carbons (Fsp3) is 0.167. The first-order chi connectivity index (χ1) is 4.79. The SMILES string of the molecule is O=C(O)CC1=CSNC=C1. The molecule has 0 spiro atoms. The molecule has 0 aromatic rings. The van der Waals surface area contributed by atoms with Gasteiger partial charge in [0, 0.05) is 6.20 Å². The zero-order valence-corrected chi connectivity index (χ0v) is 6.02. The summed E-state index contributed by atoms with van der Waals surface area (Å²) in [4.78, 5) is 10.2. The van der Waals surface area contributed by atoms with Gasteiger partial charge in [-0.1, -0.05) is 0 Å². The third-order valence-corrected chi connectivity index (χ3v) is 1.69. The van der Waals surface area contributed by atoms with E-state index in [4.69, 9.17) is 5.11 Å². The molecule has 0 atom stereocenters. The molecule has 0 saturated heterocycles. The maximum atomic E-state index is 10.2. The molecule has 0 amide bonds. The summed E-state index contributed by atoms with van der Waals surface area (Å²) in [6, 6.07) is 0. The van der Waals surface area contributed by atoms with Crippen LogP contribution < -0.4 is 4.72 Å². The lowest BCUT2D eigenvalue weighted by Gasteiger charge is -2.03. The van der Waals surface area contributed by atoms with Gasteiger partial charge in [-0.05, 0) is 29.0 Å². The number of hydrogen-bond acceptors (Lipinski definition) is 3. The Kier molecular flexibility index (Phi) is 2.39. The summed E-state index contributed by atoms with van der Waals surface area (Å²) in [7, 11) is 0. The van der Waals surface area contributed by atoms with Crippen molar-refractivity contribution in [1.82, 2.24) is 4.72 Å². The molecular formula is C6H7NO2S. The van der Waals surface area contributed by atoms with Crippen LogP contribution in [0.1, 0.15) is 6.42 Å². The first-order valence-corrected chi connectivity index (χ1v) is 3.65. The van der Waals surface area contributed by atoms with Gasteiger partial charge in [-0.3, -0.25) is 4.79 Å². The van der Waals surface area contributed by atoms with Gasteiger partial charge in [0.1, 0.15) is 0 Å². The van der Waals surface area contributed by atoms with E-state index in [-0.39, 0.29) is 6.42 Å². The predicted molar refractivity (Wildman–Crippen MR) is 40.2 cm³/mol. The monoisotopic (exact) mass is 157 g/mol. The highest BCUT2D eigenvalue weighted by atomic mass is 32.2. The van der Waals surface area contributed by atoms with Crippen molar-refractivity contribution in [3.05, 3.63) is 23.3 Å². The van der Waals surface area contributed by atoms with Gasteiger partial charge in [0.25, 0.3) is 0 Å². The largest absolute Gasteiger partial charge is 0.481 e. The normalized spacial score (nSPS) is 15.8. The van der Waals surface area contributed by atoms with E-state index in [1.807, 2.05) is 0 Å². The van der Waals surface area contributed by atoms with Gasteiger partial charge < -0.3 is 9.83 Å². The third-order valence-electron chi connectivity index (χ3n) is 0.999. The van der Waals surface area contributed by atoms with E-state index in [9.17, 15) is 4.79 Å². The van der Waals surface area contributed by atoms with Crippen molar-refractivity contribution >= 4 is 17.9 Å². The second-order valence-corrected chi connectivity index (χ2v) is 2.54. The Morgan fingerprint density at radius 1 is 1.80 bits per heavy atom. The Morgan fingerprint density at radius 2 is 2.60 bits per heavy atom. The number of hydrogen-bond donors (Lipinski definition) is 2. The van der Waals surface area contributed by atoms with Crippen LogP contribution >= 0.6 is 11.9 Å². The number of carboxylic acids is 1. The Hall–Kier alpha value is -0.900. The van der Waals surface area contributed by atoms with E-state index >= 15 is 0 Å². The molecular weight excluding hydrogens is 150 g/mol. The van der Waals surface area contributed by atoms with Crippen LogP contribution in [0.25, 0.3) is 0 Å². The van der Waals surface area contributed by atoms with Crippen LogP contribution in [-0.4, -0.2) is 11.1 Å². The molecule has 0 aromatic carbocycles. The predicted octanol–water partition coefficient (Wildman–Crippen LogP) is 1.11. The van der Waals surface area contributed by atoms with Gasteiger partial charge in [-0.25, -0.2) is 0 Å². The first-order valence-electron chi connectivity index (χ1n) is 2.77. The number of allylic oxidation sites excluding steroid dienone is 1. The second kappa shape index (κ2) is 3.31. The topological polar surface area (TPSA) is 49.3 Å². The lowest BCUT2D eigenvalue weighted by atomic mass is 10.2. The molecule has 1 heterocycles. The van der Waals surface area contributed by atoms with E-state index in [2.05, 4.69) is 4.72 Å². The molecule has 3 nitrogen and oxygen atoms in total. The number of aliphatic carboxylic acids is 1. The Balaban J connectivity index is 2.48. The minimum Gasteiger partial charge on any atom is -0.481 e. The van der Waals surface area contributed by atoms with Gasteiger partial charge in [-0.15, -0.1) is 0 Å². The fourth-order valence-electron chi connectivity index (χ4n) is 0.605. The van der Waals surface area contributed by atoms with E-state index in [1.54, 1.807) is 17.7 Å². The van der Waals surface area contributed by atoms with Crippen LogP contribution in [0.15, 0.2) is 23.3 Å². The third kappa shape index (κ3) is 2.14. The molecule has 0 saturated carbocycles. The summed E-state index contributed by atoms with van der Waals surface area (Å²) >= 11 is 1.38. The summed E-state index contributed by atoms with van der Waals surface area (Å²) in [5.74, 6) is -0.793. The number of nitrogens with one attached hydrogen (secondary N) is 1. The lowest BCUT2D eigenvalue weighted by molar-refractivity contribution is -0.136. The lowest BCUT2D eigenvalue weighted by Crippen LogP contribution is -2.00. The second-order valence-electron chi connectivity index (χ2n) is 1.83. The van der Waals surface area contributed by atoms with Crippen LogP contribution in [0.2, 0.25) is 0 Å². The molecule has 0 radical (unpaired) electrons. The highest BCUT2D eigenvalue weighted by Gasteiger charge is 2.01. The molecule has 1 rings (SSSR count). The van der Waals surface area contributed by atoms with Crippen LogP contribution in [0, 0.1) is 0 Å². The standard InChI is InChI=1S/C6H7NO2S/c8-6(9)3-5-1-2-7-10-4-5/h1-2,4,7H,3H2,(H,8,9). The summed E-state index contributed by atoms with van der Waals surface area (Å²) in [5.41, 5.74) is 0.830. The van der Waals surface area contributed by atoms with Crippen molar-refractivity contribution in [1.29, 1.82) is 0 Å². The van der Waals surface area contributed by atoms with E-state index in [0.717, 1.165) is 5.57 Å². The zero-order valence-electron chi connectivity index (χ0n) is 5.20. The van der Waals surface area contributed by atoms with Crippen LogP contribution in [0.5, 0.6) is 0 Å². The Morgan fingerprint density at radius 3 is 3.10 bits per heavy atom. The highest BCUT2D eigenvalue weighted by Crippen LogP contribution is 2.13. The summed E-state index contributed by atoms with van der Waals surface area (Å²) in [6.45, 7) is 0. The molecule has 0 fully saturated rings. The molecule has 0 unspecified atom stereocenters. The average molecular weight is 157 g/mol. The summed E-state index contributed by atoms with van der Waals surface area (Å²) in [5, 5.41) is 10.1. The maximum absolute atomic E-state index is 10.2. The van der Waals surface area contributed by atoms with Crippen molar-refractivity contribution < 1.29 is 9.90 Å². The minimum atomic E-state index is -0.793. The van der Waals surface area contributed by atoms with Gasteiger partial charge in [0.15, 0.2) is 0 Å². The first kappa shape index (κ1) is 7.21. The highest BCUT2D eigenvalue weighted by molar-refractivity contribution is 8.00. The van der Waals surface area contributed by atoms with Crippen LogP contribution in [0.4, 0.5) is 0 Å². The quantitative estimate of drug-likeness (QED) is 0.589. The molecule has 0 aromatic heterocycles. The number of carboxylic acid groups (broad SMARTS) is 1. The molecule has 54 valence electrons. The van der Waals surface area contributed by atoms with E-state index in [0.29, 0.717) is 0 Å². The molecule has 0 aliphatic carbocycles. The molecule has 10 heavy (non-hydrogen) atoms. The zero-order chi connectivity index (χ0) is 7.40. The van der Waals surface area contributed by atoms with E-state index in [1.165, 1.54) is 11.9 Å². The average Bonchev–Trinajstić information content (AvgIpc) is 1.88. The molecule has 2 N–H and O–H groups in total. The molecule has 4 heteroatoms. The number of carbonyl (C=O) groups is 1. The van der Waals surface area contributed by atoms with Crippen molar-refractivity contribution in [2.45, 2.75) is 6.42 Å². The number of rotatable bonds is 2. The summed E-state index contributed by atoms with van der Waals surface area (Å²) < 4.78 is 2.85. The van der Waals surface area contributed by atoms with Crippen molar-refractivity contribution in [3.63, 3.8) is 0 Å². The van der Waals surface area contributed by atoms with Crippen LogP contribution in [0.3, 0.4) is 0 Å². The smallest absolute Gasteiger partial charge is 0.307 e. The van der Waals surface area contributed by atoms with E-state index < -0.39 is 5.97 Å². The van der Waals surface area contributed by atoms with Crippen LogP contribution in [-0.2, 0) is 4.79 Å². The Labute approximate surface area is 62.9 Å². The van der Waals surface area contributed by atoms with Crippen molar-refractivity contribution in [2.24, 2.45) is 0 Å². The van der Waals surface area contributed by atoms with Crippen molar-refractivity contribution in [2.75, 3.05) is 0 Å². The van der Waals surface area contributed by atoms with Gasteiger partial charge in [-0.2, -0.15) is 0 Å².